The van der Waals surface area contributed by atoms with E-state index < -0.39 is 56.1 Å². The molecule has 5 rings (SSSR count). The number of amides is 2. The molecular weight excluding hydrogens is 606 g/mol. The van der Waals surface area contributed by atoms with Gasteiger partial charge >= 0.3 is 0 Å². The Kier molecular flexibility index (Phi) is 8.52. The number of likely N-dealkylation sites (tertiary alicyclic amines) is 1. The first-order valence-corrected chi connectivity index (χ1v) is 17.0. The van der Waals surface area contributed by atoms with Gasteiger partial charge in [0.2, 0.25) is 17.7 Å². The van der Waals surface area contributed by atoms with Crippen LogP contribution >= 0.6 is 11.6 Å². The standard InChI is InChI=1S/C32H40ClN3O7S/c1-7-20-15-32(20,27(37)17-44(40,41)22-8-9-22)35-28(38)25-13-21(16-36(25)30(39)18(2)31(3,4)5)43-29-23-14-24(33)26(42-6)12-19(23)10-11-34-29/h7,10-12,14,18,20-22,25H,1,8-9,13,15-17H2,2-6H3,(H,35,38)/t18-,20-,21-,25+,32-/m1/s1. The summed E-state index contributed by atoms with van der Waals surface area (Å²) in [5.41, 5.74) is -1.72. The minimum atomic E-state index is -3.58. The number of sulfone groups is 1. The molecule has 1 aliphatic heterocycles. The number of halogens is 1. The number of nitrogens with zero attached hydrogens (tertiary/aromatic N) is 2. The number of benzene rings is 1. The molecule has 1 aromatic carbocycles. The topological polar surface area (TPSA) is 132 Å². The Morgan fingerprint density at radius 2 is 1.98 bits per heavy atom. The molecule has 0 radical (unpaired) electrons. The average molecular weight is 646 g/mol. The highest BCUT2D eigenvalue weighted by atomic mass is 35.5. The van der Waals surface area contributed by atoms with Crippen LogP contribution in [-0.4, -0.2) is 78.2 Å². The highest BCUT2D eigenvalue weighted by Crippen LogP contribution is 2.46. The summed E-state index contributed by atoms with van der Waals surface area (Å²) in [7, 11) is -2.05. The molecule has 44 heavy (non-hydrogen) atoms. The smallest absolute Gasteiger partial charge is 0.243 e. The van der Waals surface area contributed by atoms with Crippen LogP contribution in [0.3, 0.4) is 0 Å². The third kappa shape index (κ3) is 6.18. The lowest BCUT2D eigenvalue weighted by atomic mass is 9.81. The summed E-state index contributed by atoms with van der Waals surface area (Å²) < 4.78 is 36.9. The van der Waals surface area contributed by atoms with Crippen LogP contribution in [-0.2, 0) is 24.2 Å². The maximum absolute atomic E-state index is 13.9. The van der Waals surface area contributed by atoms with Gasteiger partial charge in [-0.2, -0.15) is 0 Å². The second kappa shape index (κ2) is 11.6. The monoisotopic (exact) mass is 645 g/mol. The second-order valence-corrected chi connectivity index (χ2v) is 16.0. The number of hydrogen-bond donors (Lipinski definition) is 1. The lowest BCUT2D eigenvalue weighted by molar-refractivity contribution is -0.144. The molecule has 5 atom stereocenters. The van der Waals surface area contributed by atoms with E-state index >= 15 is 0 Å². The van der Waals surface area contributed by atoms with Gasteiger partial charge in [-0.3, -0.25) is 14.4 Å². The van der Waals surface area contributed by atoms with Gasteiger partial charge in [-0.05, 0) is 48.3 Å². The summed E-state index contributed by atoms with van der Waals surface area (Å²) in [5, 5.41) is 4.22. The molecule has 0 spiro atoms. The summed E-state index contributed by atoms with van der Waals surface area (Å²) in [4.78, 5) is 47.1. The van der Waals surface area contributed by atoms with Crippen molar-refractivity contribution < 1.29 is 32.3 Å². The highest BCUT2D eigenvalue weighted by molar-refractivity contribution is 7.93. The van der Waals surface area contributed by atoms with Crippen molar-refractivity contribution in [1.82, 2.24) is 15.2 Å². The molecule has 2 amide bonds. The molecule has 3 aliphatic rings. The Balaban J connectivity index is 1.41. The molecule has 10 nitrogen and oxygen atoms in total. The summed E-state index contributed by atoms with van der Waals surface area (Å²) in [6.45, 7) is 11.6. The SMILES string of the molecule is C=C[C@@H]1C[C@]1(NC(=O)[C@@H]1C[C@@H](Oc2nccc3cc(OC)c(Cl)cc23)CN1C(=O)[C@@H](C)C(C)(C)C)C(=O)CS(=O)(=O)C1CC1. The zero-order valence-electron chi connectivity index (χ0n) is 25.8. The van der Waals surface area contributed by atoms with Crippen LogP contribution in [0.1, 0.15) is 53.4 Å². The summed E-state index contributed by atoms with van der Waals surface area (Å²) in [5.74, 6) is -1.89. The molecular formula is C32H40ClN3O7S. The third-order valence-electron chi connectivity index (χ3n) is 9.30. The number of fused-ring (bicyclic) bond motifs is 1. The molecule has 2 heterocycles. The molecule has 2 aliphatic carbocycles. The fourth-order valence-corrected chi connectivity index (χ4v) is 7.77. The predicted molar refractivity (Wildman–Crippen MR) is 167 cm³/mol. The van der Waals surface area contributed by atoms with Crippen molar-refractivity contribution in [2.75, 3.05) is 19.4 Å². The number of Topliss-reactive ketones (excluding diaryl/α,β-unsaturated/α-hetero) is 1. The van der Waals surface area contributed by atoms with Gasteiger partial charge in [0.15, 0.2) is 15.6 Å². The van der Waals surface area contributed by atoms with Crippen LogP contribution in [0.25, 0.3) is 10.8 Å². The maximum atomic E-state index is 13.9. The fraction of sp³-hybridized carbons (Fsp3) is 0.562. The third-order valence-corrected chi connectivity index (χ3v) is 11.8. The van der Waals surface area contributed by atoms with Crippen molar-refractivity contribution in [3.63, 3.8) is 0 Å². The summed E-state index contributed by atoms with van der Waals surface area (Å²) in [6, 6.07) is 4.35. The zero-order valence-corrected chi connectivity index (χ0v) is 27.3. The minimum absolute atomic E-state index is 0.126. The number of aromatic nitrogens is 1. The van der Waals surface area contributed by atoms with Gasteiger partial charge in [0.25, 0.3) is 0 Å². The Hall–Kier alpha value is -3.18. The fourth-order valence-electron chi connectivity index (χ4n) is 5.82. The van der Waals surface area contributed by atoms with Crippen LogP contribution in [0.5, 0.6) is 11.6 Å². The van der Waals surface area contributed by atoms with Crippen LogP contribution in [0.15, 0.2) is 37.1 Å². The van der Waals surface area contributed by atoms with Crippen LogP contribution in [0.4, 0.5) is 0 Å². The number of carbonyl (C=O) groups is 3. The Bertz CT molecular complexity index is 1620. The zero-order chi connectivity index (χ0) is 32.2. The largest absolute Gasteiger partial charge is 0.495 e. The quantitative estimate of drug-likeness (QED) is 0.361. The molecule has 2 aromatic rings. The van der Waals surface area contributed by atoms with Crippen molar-refractivity contribution in [3.05, 3.63) is 42.1 Å². The molecule has 2 saturated carbocycles. The van der Waals surface area contributed by atoms with E-state index in [1.54, 1.807) is 30.5 Å². The number of pyridine rings is 1. The van der Waals surface area contributed by atoms with Gasteiger partial charge in [0.05, 0.1) is 23.9 Å². The molecule has 0 bridgehead atoms. The van der Waals surface area contributed by atoms with E-state index in [9.17, 15) is 22.8 Å². The Morgan fingerprint density at radius 3 is 2.57 bits per heavy atom. The first kappa shape index (κ1) is 32.2. The lowest BCUT2D eigenvalue weighted by Crippen LogP contribution is -2.55. The van der Waals surface area contributed by atoms with Crippen molar-refractivity contribution >= 4 is 49.8 Å². The van der Waals surface area contributed by atoms with Gasteiger partial charge in [-0.1, -0.05) is 45.4 Å². The van der Waals surface area contributed by atoms with Crippen molar-refractivity contribution in [1.29, 1.82) is 0 Å². The lowest BCUT2D eigenvalue weighted by Gasteiger charge is -2.33. The van der Waals surface area contributed by atoms with Crippen LogP contribution in [0, 0.1) is 17.3 Å². The first-order valence-electron chi connectivity index (χ1n) is 14.9. The number of ether oxygens (including phenoxy) is 2. The molecule has 1 aromatic heterocycles. The molecule has 12 heteroatoms. The van der Waals surface area contributed by atoms with E-state index in [0.29, 0.717) is 34.9 Å². The molecule has 3 fully saturated rings. The van der Waals surface area contributed by atoms with Gasteiger partial charge in [0, 0.05) is 29.8 Å². The molecule has 0 unspecified atom stereocenters. The van der Waals surface area contributed by atoms with E-state index in [1.165, 1.54) is 12.0 Å². The normalized spacial score (nSPS) is 25.8. The molecule has 238 valence electrons. The van der Waals surface area contributed by atoms with Gasteiger partial charge in [0.1, 0.15) is 29.2 Å². The average Bonchev–Trinajstić information content (AvgIpc) is 3.88. The van der Waals surface area contributed by atoms with Gasteiger partial charge in [-0.15, -0.1) is 6.58 Å². The number of methoxy groups -OCH3 is 1. The molecule has 1 N–H and O–H groups in total. The van der Waals surface area contributed by atoms with E-state index in [4.69, 9.17) is 21.1 Å². The van der Waals surface area contributed by atoms with E-state index in [-0.39, 0.29) is 36.6 Å². The van der Waals surface area contributed by atoms with Gasteiger partial charge < -0.3 is 19.7 Å². The van der Waals surface area contributed by atoms with Crippen molar-refractivity contribution in [3.8, 4) is 11.6 Å². The number of hydrogen-bond acceptors (Lipinski definition) is 8. The van der Waals surface area contributed by atoms with E-state index in [2.05, 4.69) is 16.9 Å². The predicted octanol–water partition coefficient (Wildman–Crippen LogP) is 4.13. The number of carbonyl (C=O) groups excluding carboxylic acids is 3. The van der Waals surface area contributed by atoms with Gasteiger partial charge in [-0.25, -0.2) is 13.4 Å². The second-order valence-electron chi connectivity index (χ2n) is 13.3. The van der Waals surface area contributed by atoms with Crippen molar-refractivity contribution in [2.45, 2.75) is 76.3 Å². The first-order chi connectivity index (χ1) is 20.6. The van der Waals surface area contributed by atoms with Crippen LogP contribution < -0.4 is 14.8 Å². The van der Waals surface area contributed by atoms with E-state index in [0.717, 1.165) is 5.39 Å². The summed E-state index contributed by atoms with van der Waals surface area (Å²) >= 11 is 6.39. The highest BCUT2D eigenvalue weighted by Gasteiger charge is 2.61. The molecule has 1 saturated heterocycles. The number of rotatable bonds is 11. The Morgan fingerprint density at radius 1 is 1.27 bits per heavy atom. The Labute approximate surface area is 263 Å². The minimum Gasteiger partial charge on any atom is -0.495 e. The summed E-state index contributed by atoms with van der Waals surface area (Å²) in [6.07, 6.45) is 4.11. The van der Waals surface area contributed by atoms with E-state index in [1.807, 2.05) is 27.7 Å². The number of ketones is 1. The van der Waals surface area contributed by atoms with Crippen molar-refractivity contribution in [2.24, 2.45) is 17.3 Å². The maximum Gasteiger partial charge on any atom is 0.243 e. The van der Waals surface area contributed by atoms with Crippen LogP contribution in [0.2, 0.25) is 5.02 Å². The number of nitrogens with one attached hydrogen (secondary N) is 1.